The molecule has 2 atom stereocenters. The summed E-state index contributed by atoms with van der Waals surface area (Å²) in [7, 11) is 0. The molecule has 3 saturated heterocycles. The fourth-order valence-electron chi connectivity index (χ4n) is 5.54. The maximum atomic E-state index is 13.7. The maximum Gasteiger partial charge on any atom is 0.317 e. The van der Waals surface area contributed by atoms with Gasteiger partial charge in [0.05, 0.1) is 12.5 Å². The van der Waals surface area contributed by atoms with Crippen molar-refractivity contribution in [2.24, 2.45) is 5.92 Å². The molecular weight excluding hydrogens is 394 g/mol. The van der Waals surface area contributed by atoms with Crippen molar-refractivity contribution in [2.75, 3.05) is 59.0 Å². The molecule has 3 heterocycles. The van der Waals surface area contributed by atoms with Crippen molar-refractivity contribution in [2.45, 2.75) is 38.6 Å². The Hall–Kier alpha value is -1.96. The zero-order chi connectivity index (χ0) is 22.0. The molecule has 3 fully saturated rings. The Bertz CT molecular complexity index is 800. The number of carboxylic acids is 1. The average molecular weight is 430 g/mol. The van der Waals surface area contributed by atoms with Gasteiger partial charge in [-0.3, -0.25) is 19.4 Å². The van der Waals surface area contributed by atoms with E-state index in [9.17, 15) is 9.59 Å². The first-order chi connectivity index (χ1) is 14.9. The Labute approximate surface area is 184 Å². The van der Waals surface area contributed by atoms with Crippen molar-refractivity contribution >= 4 is 11.9 Å². The van der Waals surface area contributed by atoms with E-state index in [0.717, 1.165) is 39.1 Å². The third-order valence-corrected chi connectivity index (χ3v) is 7.24. The molecule has 0 spiro atoms. The van der Waals surface area contributed by atoms with Crippen LogP contribution >= 0.6 is 0 Å². The zero-order valence-corrected chi connectivity index (χ0v) is 18.8. The van der Waals surface area contributed by atoms with Crippen molar-refractivity contribution < 1.29 is 19.4 Å². The maximum absolute atomic E-state index is 13.7. The van der Waals surface area contributed by atoms with Crippen molar-refractivity contribution in [1.82, 2.24) is 14.7 Å². The van der Waals surface area contributed by atoms with Crippen LogP contribution < -0.4 is 0 Å². The smallest absolute Gasteiger partial charge is 0.317 e. The van der Waals surface area contributed by atoms with Gasteiger partial charge in [0.2, 0.25) is 5.91 Å². The van der Waals surface area contributed by atoms with Crippen LogP contribution in [0.1, 0.15) is 35.4 Å². The molecule has 0 aliphatic carbocycles. The molecule has 1 aromatic carbocycles. The number of rotatable bonds is 5. The number of hydrogen-bond acceptors (Lipinski definition) is 5. The average Bonchev–Trinajstić information content (AvgIpc) is 3.19. The molecule has 0 aromatic heterocycles. The van der Waals surface area contributed by atoms with Crippen LogP contribution in [-0.2, 0) is 14.3 Å². The summed E-state index contributed by atoms with van der Waals surface area (Å²) in [5, 5.41) is 9.04. The number of hydrogen-bond donors (Lipinski definition) is 1. The number of ether oxygens (including phenoxy) is 1. The van der Waals surface area contributed by atoms with E-state index >= 15 is 0 Å². The molecular formula is C24H35N3O4. The molecule has 1 unspecified atom stereocenters. The Kier molecular flexibility index (Phi) is 6.94. The van der Waals surface area contributed by atoms with Crippen LogP contribution in [0.3, 0.4) is 0 Å². The Balaban J connectivity index is 1.51. The molecule has 0 saturated carbocycles. The second kappa shape index (κ2) is 9.67. The number of carbonyl (C=O) groups excluding carboxylic acids is 1. The minimum atomic E-state index is -0.808. The number of carbonyl (C=O) groups is 2. The summed E-state index contributed by atoms with van der Waals surface area (Å²) < 4.78 is 5.56. The summed E-state index contributed by atoms with van der Waals surface area (Å²) in [4.78, 5) is 31.1. The molecule has 3 aliphatic heterocycles. The van der Waals surface area contributed by atoms with Gasteiger partial charge in [-0.25, -0.2) is 0 Å². The second-order valence-corrected chi connectivity index (χ2v) is 9.37. The first kappa shape index (κ1) is 22.2. The number of piperazine rings is 1. The predicted molar refractivity (Wildman–Crippen MR) is 118 cm³/mol. The summed E-state index contributed by atoms with van der Waals surface area (Å²) >= 11 is 0. The number of benzene rings is 1. The third kappa shape index (κ3) is 5.10. The van der Waals surface area contributed by atoms with E-state index in [4.69, 9.17) is 9.84 Å². The molecule has 1 amide bonds. The van der Waals surface area contributed by atoms with Crippen LogP contribution in [-0.4, -0.2) is 96.8 Å². The summed E-state index contributed by atoms with van der Waals surface area (Å²) in [6.07, 6.45) is 2.07. The van der Waals surface area contributed by atoms with Gasteiger partial charge in [-0.1, -0.05) is 23.8 Å². The highest BCUT2D eigenvalue weighted by molar-refractivity contribution is 5.81. The van der Waals surface area contributed by atoms with E-state index < -0.39 is 5.97 Å². The highest BCUT2D eigenvalue weighted by Crippen LogP contribution is 2.38. The molecule has 31 heavy (non-hydrogen) atoms. The second-order valence-electron chi connectivity index (χ2n) is 9.37. The molecule has 3 aliphatic rings. The molecule has 7 heteroatoms. The summed E-state index contributed by atoms with van der Waals surface area (Å²) in [6, 6.07) is 7.09. The van der Waals surface area contributed by atoms with E-state index in [-0.39, 0.29) is 24.3 Å². The summed E-state index contributed by atoms with van der Waals surface area (Å²) in [6.45, 7) is 10.1. The normalized spacial score (nSPS) is 26.3. The molecule has 1 N–H and O–H groups in total. The first-order valence-corrected chi connectivity index (χ1v) is 11.5. The number of aliphatic carboxylic acids is 1. The van der Waals surface area contributed by atoms with Crippen LogP contribution in [0.2, 0.25) is 0 Å². The number of aryl methyl sites for hydroxylation is 2. The Morgan fingerprint density at radius 1 is 1.06 bits per heavy atom. The Morgan fingerprint density at radius 3 is 2.42 bits per heavy atom. The van der Waals surface area contributed by atoms with Gasteiger partial charge in [0.15, 0.2) is 0 Å². The standard InChI is InChI=1S/C24H35N3O4/c1-17-3-4-20(18(2)13-17)21-14-27(19-5-11-31-12-6-19)15-22(21)24(30)26-9-7-25(8-10-26)16-23(28)29/h3-4,13,19,21-22H,5-12,14-16H2,1-2H3,(H,28,29)/t21-,22?/m0/s1. The lowest BCUT2D eigenvalue weighted by molar-refractivity contribution is -0.140. The molecule has 1 aromatic rings. The summed E-state index contributed by atoms with van der Waals surface area (Å²) in [5.41, 5.74) is 3.81. The van der Waals surface area contributed by atoms with Gasteiger partial charge < -0.3 is 14.7 Å². The van der Waals surface area contributed by atoms with Crippen molar-refractivity contribution in [3.63, 3.8) is 0 Å². The van der Waals surface area contributed by atoms with Crippen molar-refractivity contribution in [3.05, 3.63) is 34.9 Å². The zero-order valence-electron chi connectivity index (χ0n) is 18.8. The number of amides is 1. The lowest BCUT2D eigenvalue weighted by Crippen LogP contribution is -2.52. The predicted octanol–water partition coefficient (Wildman–Crippen LogP) is 1.73. The minimum absolute atomic E-state index is 0.0460. The third-order valence-electron chi connectivity index (χ3n) is 7.24. The monoisotopic (exact) mass is 429 g/mol. The Morgan fingerprint density at radius 2 is 1.77 bits per heavy atom. The van der Waals surface area contributed by atoms with Crippen LogP contribution in [0.15, 0.2) is 18.2 Å². The minimum Gasteiger partial charge on any atom is -0.480 e. The quantitative estimate of drug-likeness (QED) is 0.769. The highest BCUT2D eigenvalue weighted by atomic mass is 16.5. The van der Waals surface area contributed by atoms with E-state index in [0.29, 0.717) is 32.2 Å². The topological polar surface area (TPSA) is 73.3 Å². The van der Waals surface area contributed by atoms with E-state index in [1.807, 2.05) is 9.80 Å². The lowest BCUT2D eigenvalue weighted by atomic mass is 9.85. The first-order valence-electron chi connectivity index (χ1n) is 11.5. The van der Waals surface area contributed by atoms with Gasteiger partial charge in [-0.2, -0.15) is 0 Å². The van der Waals surface area contributed by atoms with E-state index in [2.05, 4.69) is 36.9 Å². The van der Waals surface area contributed by atoms with Gasteiger partial charge in [0.1, 0.15) is 0 Å². The molecule has 4 rings (SSSR count). The van der Waals surface area contributed by atoms with E-state index in [1.54, 1.807) is 0 Å². The SMILES string of the molecule is Cc1ccc([C@@H]2CN(C3CCOCC3)CC2C(=O)N2CCN(CC(=O)O)CC2)c(C)c1. The molecule has 0 bridgehead atoms. The summed E-state index contributed by atoms with van der Waals surface area (Å²) in [5.74, 6) is -0.421. The van der Waals surface area contributed by atoms with E-state index in [1.165, 1.54) is 16.7 Å². The van der Waals surface area contributed by atoms with Crippen LogP contribution in [0.5, 0.6) is 0 Å². The molecule has 7 nitrogen and oxygen atoms in total. The van der Waals surface area contributed by atoms with Crippen LogP contribution in [0.4, 0.5) is 0 Å². The fraction of sp³-hybridized carbons (Fsp3) is 0.667. The van der Waals surface area contributed by atoms with Gasteiger partial charge in [0, 0.05) is 64.4 Å². The fourth-order valence-corrected chi connectivity index (χ4v) is 5.54. The molecule has 0 radical (unpaired) electrons. The largest absolute Gasteiger partial charge is 0.480 e. The number of carboxylic acid groups (broad SMARTS) is 1. The number of likely N-dealkylation sites (tertiary alicyclic amines) is 1. The number of nitrogens with zero attached hydrogens (tertiary/aromatic N) is 3. The highest BCUT2D eigenvalue weighted by Gasteiger charge is 2.43. The molecule has 170 valence electrons. The van der Waals surface area contributed by atoms with Gasteiger partial charge in [0.25, 0.3) is 0 Å². The van der Waals surface area contributed by atoms with Crippen molar-refractivity contribution in [1.29, 1.82) is 0 Å². The van der Waals surface area contributed by atoms with Gasteiger partial charge >= 0.3 is 5.97 Å². The van der Waals surface area contributed by atoms with Crippen LogP contribution in [0, 0.1) is 19.8 Å². The lowest BCUT2D eigenvalue weighted by Gasteiger charge is -2.36. The van der Waals surface area contributed by atoms with Crippen molar-refractivity contribution in [3.8, 4) is 0 Å². The van der Waals surface area contributed by atoms with Crippen LogP contribution in [0.25, 0.3) is 0 Å². The van der Waals surface area contributed by atoms with Gasteiger partial charge in [-0.15, -0.1) is 0 Å². The van der Waals surface area contributed by atoms with Gasteiger partial charge in [-0.05, 0) is 37.8 Å².